The van der Waals surface area contributed by atoms with Gasteiger partial charge in [-0.1, -0.05) is 46.8 Å². The Kier molecular flexibility index (Phi) is 4.28. The minimum Gasteiger partial charge on any atom is -0.381 e. The Morgan fingerprint density at radius 2 is 1.75 bits per heavy atom. The highest BCUT2D eigenvalue weighted by molar-refractivity contribution is 6.79. The highest BCUT2D eigenvalue weighted by Crippen LogP contribution is 2.47. The van der Waals surface area contributed by atoms with Gasteiger partial charge in [-0.05, 0) is 30.6 Å². The first-order valence-corrected chi connectivity index (χ1v) is 10.3. The Balaban J connectivity index is 3.07. The highest BCUT2D eigenvalue weighted by Gasteiger charge is 2.52. The van der Waals surface area contributed by atoms with Crippen molar-refractivity contribution in [3.63, 3.8) is 0 Å². The molecule has 0 aromatic heterocycles. The van der Waals surface area contributed by atoms with E-state index in [2.05, 4.69) is 40.4 Å². The molecule has 3 atom stereocenters. The lowest BCUT2D eigenvalue weighted by Gasteiger charge is -2.54. The maximum atomic E-state index is 6.15. The molecule has 0 aromatic carbocycles. The van der Waals surface area contributed by atoms with E-state index in [0.717, 1.165) is 17.8 Å². The minimum atomic E-state index is -1.30. The fraction of sp³-hybridized carbons (Fsp3) is 1.00. The molecule has 0 N–H and O–H groups in total. The summed E-state index contributed by atoms with van der Waals surface area (Å²) in [5, 5.41) is 0.207. The van der Waals surface area contributed by atoms with Gasteiger partial charge in [0.2, 0.25) is 0 Å². The fourth-order valence-electron chi connectivity index (χ4n) is 3.74. The molecule has 3 unspecified atom stereocenters. The van der Waals surface area contributed by atoms with Gasteiger partial charge in [0.1, 0.15) is 0 Å². The highest BCUT2D eigenvalue weighted by atomic mass is 28.3. The van der Waals surface area contributed by atoms with Crippen LogP contribution in [0.25, 0.3) is 0 Å². The van der Waals surface area contributed by atoms with E-state index in [1.54, 1.807) is 0 Å². The van der Waals surface area contributed by atoms with Crippen molar-refractivity contribution >= 4 is 8.07 Å². The largest absolute Gasteiger partial charge is 0.381 e. The third kappa shape index (κ3) is 2.38. The van der Waals surface area contributed by atoms with Crippen LogP contribution >= 0.6 is 0 Å². The van der Waals surface area contributed by atoms with Gasteiger partial charge in [0.25, 0.3) is 0 Å². The SMILES string of the molecule is COC1([Si](C)(C)C)CC(C)CCC1C(C)C. The van der Waals surface area contributed by atoms with Crippen molar-refractivity contribution in [1.29, 1.82) is 0 Å². The molecule has 1 saturated carbocycles. The zero-order chi connectivity index (χ0) is 12.6. The van der Waals surface area contributed by atoms with E-state index >= 15 is 0 Å². The van der Waals surface area contributed by atoms with Gasteiger partial charge in [-0.3, -0.25) is 0 Å². The molecule has 0 aromatic rings. The van der Waals surface area contributed by atoms with Gasteiger partial charge < -0.3 is 4.74 Å². The van der Waals surface area contributed by atoms with Crippen molar-refractivity contribution in [3.8, 4) is 0 Å². The van der Waals surface area contributed by atoms with Crippen LogP contribution in [0, 0.1) is 17.8 Å². The minimum absolute atomic E-state index is 0.207. The van der Waals surface area contributed by atoms with Crippen LogP contribution in [0.2, 0.25) is 19.6 Å². The molecular weight excluding hydrogens is 212 g/mol. The molecule has 1 aliphatic rings. The molecule has 1 nitrogen and oxygen atoms in total. The van der Waals surface area contributed by atoms with E-state index in [-0.39, 0.29) is 5.22 Å². The zero-order valence-electron chi connectivity index (χ0n) is 12.3. The summed E-state index contributed by atoms with van der Waals surface area (Å²) in [6.45, 7) is 14.6. The molecule has 0 bridgehead atoms. The standard InChI is InChI=1S/C14H30OSi/c1-11(2)13-9-8-12(3)10-14(13,15-4)16(5,6)7/h11-13H,8-10H2,1-7H3. The summed E-state index contributed by atoms with van der Waals surface area (Å²) >= 11 is 0. The van der Waals surface area contributed by atoms with Crippen molar-refractivity contribution < 1.29 is 4.74 Å². The second kappa shape index (κ2) is 4.81. The molecule has 1 aliphatic carbocycles. The summed E-state index contributed by atoms with van der Waals surface area (Å²) in [6.07, 6.45) is 4.03. The molecule has 0 spiro atoms. The van der Waals surface area contributed by atoms with E-state index in [0.29, 0.717) is 0 Å². The Hall–Kier alpha value is 0.177. The van der Waals surface area contributed by atoms with Crippen LogP contribution in [0.3, 0.4) is 0 Å². The number of rotatable bonds is 3. The number of ether oxygens (including phenoxy) is 1. The van der Waals surface area contributed by atoms with E-state index in [4.69, 9.17) is 4.74 Å². The third-order valence-corrected chi connectivity index (χ3v) is 7.98. The third-order valence-electron chi connectivity index (χ3n) is 4.66. The zero-order valence-corrected chi connectivity index (χ0v) is 13.3. The van der Waals surface area contributed by atoms with Crippen LogP contribution < -0.4 is 0 Å². The van der Waals surface area contributed by atoms with Crippen molar-refractivity contribution in [1.82, 2.24) is 0 Å². The molecule has 0 aliphatic heterocycles. The van der Waals surface area contributed by atoms with Gasteiger partial charge in [-0.2, -0.15) is 0 Å². The lowest BCUT2D eigenvalue weighted by Crippen LogP contribution is -2.62. The second-order valence-corrected chi connectivity index (χ2v) is 12.4. The predicted octanol–water partition coefficient (Wildman–Crippen LogP) is 4.34. The molecule has 0 amide bonds. The molecular formula is C14H30OSi. The Morgan fingerprint density at radius 1 is 1.19 bits per heavy atom. The average Bonchev–Trinajstić information content (AvgIpc) is 2.14. The summed E-state index contributed by atoms with van der Waals surface area (Å²) in [6, 6.07) is 0. The lowest BCUT2D eigenvalue weighted by molar-refractivity contribution is -0.0549. The van der Waals surface area contributed by atoms with Crippen LogP contribution in [-0.4, -0.2) is 20.4 Å². The fourth-order valence-corrected chi connectivity index (χ4v) is 6.91. The van der Waals surface area contributed by atoms with Gasteiger partial charge in [0, 0.05) is 7.11 Å². The molecule has 96 valence electrons. The maximum Gasteiger partial charge on any atom is 0.0828 e. The smallest absolute Gasteiger partial charge is 0.0828 e. The molecule has 0 radical (unpaired) electrons. The van der Waals surface area contributed by atoms with Gasteiger partial charge in [-0.25, -0.2) is 0 Å². The van der Waals surface area contributed by atoms with E-state index in [1.165, 1.54) is 19.3 Å². The van der Waals surface area contributed by atoms with Crippen molar-refractivity contribution in [2.24, 2.45) is 17.8 Å². The van der Waals surface area contributed by atoms with E-state index in [9.17, 15) is 0 Å². The van der Waals surface area contributed by atoms with Crippen LogP contribution in [0.15, 0.2) is 0 Å². The molecule has 2 heteroatoms. The topological polar surface area (TPSA) is 9.23 Å². The normalized spacial score (nSPS) is 36.8. The first-order valence-electron chi connectivity index (χ1n) is 6.79. The monoisotopic (exact) mass is 242 g/mol. The molecule has 1 fully saturated rings. The number of hydrogen-bond acceptors (Lipinski definition) is 1. The molecule has 16 heavy (non-hydrogen) atoms. The molecule has 0 saturated heterocycles. The van der Waals surface area contributed by atoms with E-state index in [1.807, 2.05) is 7.11 Å². The Bertz CT molecular complexity index is 231. The summed E-state index contributed by atoms with van der Waals surface area (Å²) in [5.41, 5.74) is 0. The first kappa shape index (κ1) is 14.2. The van der Waals surface area contributed by atoms with E-state index < -0.39 is 8.07 Å². The summed E-state index contributed by atoms with van der Waals surface area (Å²) < 4.78 is 6.15. The summed E-state index contributed by atoms with van der Waals surface area (Å²) in [4.78, 5) is 0. The Morgan fingerprint density at radius 3 is 2.12 bits per heavy atom. The van der Waals surface area contributed by atoms with Crippen LogP contribution in [-0.2, 0) is 4.74 Å². The second-order valence-electron chi connectivity index (χ2n) is 7.08. The number of methoxy groups -OCH3 is 1. The van der Waals surface area contributed by atoms with Crippen LogP contribution in [0.5, 0.6) is 0 Å². The summed E-state index contributed by atoms with van der Waals surface area (Å²) in [5.74, 6) is 2.35. The average molecular weight is 242 g/mol. The molecule has 0 heterocycles. The van der Waals surface area contributed by atoms with Gasteiger partial charge in [0.05, 0.1) is 13.3 Å². The van der Waals surface area contributed by atoms with Crippen molar-refractivity contribution in [2.75, 3.05) is 7.11 Å². The molecule has 1 rings (SSSR count). The van der Waals surface area contributed by atoms with Crippen LogP contribution in [0.1, 0.15) is 40.0 Å². The lowest BCUT2D eigenvalue weighted by atomic mass is 9.74. The van der Waals surface area contributed by atoms with Crippen molar-refractivity contribution in [2.45, 2.75) is 64.9 Å². The summed E-state index contributed by atoms with van der Waals surface area (Å²) in [7, 11) is 0.654. The first-order chi connectivity index (χ1) is 7.24. The van der Waals surface area contributed by atoms with Gasteiger partial charge in [-0.15, -0.1) is 0 Å². The Labute approximate surface area is 103 Å². The van der Waals surface area contributed by atoms with Gasteiger partial charge in [0.15, 0.2) is 0 Å². The quantitative estimate of drug-likeness (QED) is 0.669. The predicted molar refractivity (Wildman–Crippen MR) is 74.4 cm³/mol. The maximum absolute atomic E-state index is 6.15. The van der Waals surface area contributed by atoms with Crippen molar-refractivity contribution in [3.05, 3.63) is 0 Å². The number of hydrogen-bond donors (Lipinski definition) is 0. The van der Waals surface area contributed by atoms with Crippen LogP contribution in [0.4, 0.5) is 0 Å². The van der Waals surface area contributed by atoms with Gasteiger partial charge >= 0.3 is 0 Å².